The second-order valence-corrected chi connectivity index (χ2v) is 12.0. The first-order valence-electron chi connectivity index (χ1n) is 10.5. The molecule has 2 unspecified atom stereocenters. The number of allylic oxidation sites excluding steroid dienone is 2. The molecule has 0 spiro atoms. The van der Waals surface area contributed by atoms with E-state index in [4.69, 9.17) is 0 Å². The van der Waals surface area contributed by atoms with Crippen LogP contribution in [-0.4, -0.2) is 34.7 Å². The van der Waals surface area contributed by atoms with Gasteiger partial charge in [-0.3, -0.25) is 0 Å². The van der Waals surface area contributed by atoms with Gasteiger partial charge in [0.05, 0.1) is 6.10 Å². The van der Waals surface area contributed by atoms with Crippen molar-refractivity contribution in [2.24, 2.45) is 17.3 Å². The summed E-state index contributed by atoms with van der Waals surface area (Å²) in [6.07, 6.45) is 10.9. The Bertz CT molecular complexity index is 682. The van der Waals surface area contributed by atoms with Crippen LogP contribution in [0.5, 0.6) is 0 Å². The second kappa shape index (κ2) is 9.69. The van der Waals surface area contributed by atoms with Crippen molar-refractivity contribution in [3.63, 3.8) is 0 Å². The largest absolute Gasteiger partial charge is 1.00 e. The number of rotatable bonds is 4. The molecule has 0 radical (unpaired) electrons. The number of unbranched alkanes of at least 4 members (excludes halogenated alkanes) is 1. The Morgan fingerprint density at radius 1 is 1.32 bits per heavy atom. The normalized spacial score (nSPS) is 37.5. The van der Waals surface area contributed by atoms with Crippen LogP contribution in [0.1, 0.15) is 71.1 Å². The van der Waals surface area contributed by atoms with E-state index >= 15 is 0 Å². The summed E-state index contributed by atoms with van der Waals surface area (Å²) in [6.45, 7) is 3.56. The minimum Gasteiger partial charge on any atom is -0.799 e. The molecule has 3 rings (SSSR count). The van der Waals surface area contributed by atoms with Crippen molar-refractivity contribution in [2.45, 2.75) is 82.8 Å². The average Bonchev–Trinajstić information content (AvgIpc) is 2.99. The number of aliphatic hydroxyl groups is 2. The van der Waals surface area contributed by atoms with Gasteiger partial charge < -0.3 is 19.7 Å². The summed E-state index contributed by atoms with van der Waals surface area (Å²) in [6, 6.07) is 0. The molecule has 3 aliphatic rings. The molecule has 0 aliphatic heterocycles. The van der Waals surface area contributed by atoms with Crippen LogP contribution >= 0.6 is 7.37 Å². The van der Waals surface area contributed by atoms with Crippen molar-refractivity contribution in [2.75, 3.05) is 12.8 Å². The fraction of sp³-hybridized carbons (Fsp3) is 0.818. The third-order valence-corrected chi connectivity index (χ3v) is 8.01. The summed E-state index contributed by atoms with van der Waals surface area (Å²) in [4.78, 5) is 11.3. The van der Waals surface area contributed by atoms with Crippen LogP contribution in [0, 0.1) is 29.1 Å². The molecule has 3 saturated carbocycles. The molecule has 0 bridgehead atoms. The van der Waals surface area contributed by atoms with Crippen LogP contribution in [0.3, 0.4) is 0 Å². The van der Waals surface area contributed by atoms with E-state index in [1.807, 2.05) is 0 Å². The van der Waals surface area contributed by atoms with Crippen LogP contribution < -0.4 is 34.5 Å². The molecule has 0 aromatic carbocycles. The van der Waals surface area contributed by atoms with Crippen molar-refractivity contribution >= 4 is 7.37 Å². The van der Waals surface area contributed by atoms with Gasteiger partial charge in [0.25, 0.3) is 0 Å². The first-order valence-corrected chi connectivity index (χ1v) is 12.7. The molecule has 0 saturated heterocycles. The van der Waals surface area contributed by atoms with Crippen molar-refractivity contribution in [1.29, 1.82) is 0 Å². The Balaban J connectivity index is 0.00000280. The van der Waals surface area contributed by atoms with Crippen LogP contribution in [0.25, 0.3) is 0 Å². The van der Waals surface area contributed by atoms with E-state index in [-0.39, 0.29) is 47.1 Å². The third kappa shape index (κ3) is 6.21. The Labute approximate surface area is 192 Å². The molecule has 4 nitrogen and oxygen atoms in total. The Morgan fingerprint density at radius 3 is 2.64 bits per heavy atom. The van der Waals surface area contributed by atoms with Crippen molar-refractivity contribution in [1.82, 2.24) is 0 Å². The molecule has 5 atom stereocenters. The van der Waals surface area contributed by atoms with Gasteiger partial charge in [-0.25, -0.2) is 0 Å². The molecule has 3 aliphatic carbocycles. The van der Waals surface area contributed by atoms with Gasteiger partial charge in [0.1, 0.15) is 5.60 Å². The summed E-state index contributed by atoms with van der Waals surface area (Å²) in [5.74, 6) is 6.70. The molecule has 0 aromatic heterocycles. The van der Waals surface area contributed by atoms with Gasteiger partial charge in [-0.1, -0.05) is 36.8 Å². The average molecular weight is 416 g/mol. The van der Waals surface area contributed by atoms with Crippen molar-refractivity contribution in [3.8, 4) is 11.8 Å². The predicted molar refractivity (Wildman–Crippen MR) is 106 cm³/mol. The number of hydrogen-bond acceptors (Lipinski definition) is 4. The second-order valence-electron chi connectivity index (χ2n) is 9.54. The van der Waals surface area contributed by atoms with Gasteiger partial charge >= 0.3 is 29.6 Å². The van der Waals surface area contributed by atoms with Gasteiger partial charge in [-0.05, 0) is 81.9 Å². The Morgan fingerprint density at radius 2 is 2.00 bits per heavy atom. The summed E-state index contributed by atoms with van der Waals surface area (Å²) >= 11 is 0. The van der Waals surface area contributed by atoms with Crippen LogP contribution in [0.15, 0.2) is 11.6 Å². The van der Waals surface area contributed by atoms with Gasteiger partial charge in [0.15, 0.2) is 0 Å². The SMILES string of the molecule is C[C@@]12C/C(=C/CCCP(C)(=O)[O-])CC1[C@@H](C#CC1(O)CCCCC1)[C@H](O)C2.[Na+]. The predicted octanol–water partition coefficient (Wildman–Crippen LogP) is 0.461. The third-order valence-electron chi connectivity index (χ3n) is 6.89. The first-order chi connectivity index (χ1) is 12.6. The number of fused-ring (bicyclic) bond motifs is 1. The molecular weight excluding hydrogens is 382 g/mol. The molecule has 28 heavy (non-hydrogen) atoms. The first kappa shape index (κ1) is 24.7. The van der Waals surface area contributed by atoms with E-state index in [0.717, 1.165) is 51.4 Å². The van der Waals surface area contributed by atoms with Crippen LogP contribution in [0.4, 0.5) is 0 Å². The van der Waals surface area contributed by atoms with Gasteiger partial charge in [0, 0.05) is 13.3 Å². The summed E-state index contributed by atoms with van der Waals surface area (Å²) in [5.41, 5.74) is 0.591. The fourth-order valence-corrected chi connectivity index (χ4v) is 6.18. The smallest absolute Gasteiger partial charge is 0.799 e. The minimum atomic E-state index is -3.16. The fourth-order valence-electron chi connectivity index (χ4n) is 5.42. The summed E-state index contributed by atoms with van der Waals surface area (Å²) in [7, 11) is -3.16. The zero-order chi connectivity index (χ0) is 19.7. The van der Waals surface area contributed by atoms with Crippen molar-refractivity contribution < 1.29 is 49.2 Å². The van der Waals surface area contributed by atoms with Crippen LogP contribution in [0.2, 0.25) is 0 Å². The van der Waals surface area contributed by atoms with Gasteiger partial charge in [0.2, 0.25) is 0 Å². The topological polar surface area (TPSA) is 80.6 Å². The van der Waals surface area contributed by atoms with Gasteiger partial charge in [-0.2, -0.15) is 0 Å². The van der Waals surface area contributed by atoms with E-state index in [1.165, 1.54) is 18.7 Å². The van der Waals surface area contributed by atoms with Crippen molar-refractivity contribution in [3.05, 3.63) is 11.6 Å². The quantitative estimate of drug-likeness (QED) is 0.229. The molecule has 2 N–H and O–H groups in total. The molecule has 3 fully saturated rings. The maximum Gasteiger partial charge on any atom is 1.00 e. The standard InChI is InChI=1S/C22H35O4P.Na/c1-21-15-17(8-4-7-13-27(2,25)26)14-19(21)18(20(23)16-21)9-12-22(24)10-5-3-6-11-22;/h8,18-20,23-24H,3-7,10-11,13-16H2,1-2H3,(H,25,26);/q;+1/p-1/b17-8+;/t18-,19?,20-,21+;/m1./s1. The molecule has 0 heterocycles. The number of aliphatic hydroxyl groups excluding tert-OH is 1. The van der Waals surface area contributed by atoms with E-state index in [9.17, 15) is 19.7 Å². The zero-order valence-corrected chi connectivity index (χ0v) is 20.6. The monoisotopic (exact) mass is 416 g/mol. The molecule has 152 valence electrons. The maximum atomic E-state index is 11.3. The maximum absolute atomic E-state index is 11.3. The minimum absolute atomic E-state index is 0. The molecule has 0 amide bonds. The Hall–Kier alpha value is 0.410. The van der Waals surface area contributed by atoms with E-state index in [1.54, 1.807) is 0 Å². The molecule has 6 heteroatoms. The van der Waals surface area contributed by atoms with Gasteiger partial charge in [-0.15, -0.1) is 0 Å². The van der Waals surface area contributed by atoms with E-state index in [2.05, 4.69) is 24.8 Å². The zero-order valence-electron chi connectivity index (χ0n) is 17.7. The Kier molecular flexibility index (Phi) is 8.54. The molecule has 0 aromatic rings. The van der Waals surface area contributed by atoms with Crippen LogP contribution in [-0.2, 0) is 4.57 Å². The summed E-state index contributed by atoms with van der Waals surface area (Å²) < 4.78 is 11.3. The van der Waals surface area contributed by atoms with E-state index < -0.39 is 19.1 Å². The number of hydrogen-bond donors (Lipinski definition) is 2. The summed E-state index contributed by atoms with van der Waals surface area (Å²) in [5, 5.41) is 21.3. The molecular formula is C22H34NaO4P. The van der Waals surface area contributed by atoms with E-state index in [0.29, 0.717) is 12.3 Å².